The number of amides is 1. The van der Waals surface area contributed by atoms with Gasteiger partial charge in [-0.25, -0.2) is 0 Å². The molecule has 0 atom stereocenters. The van der Waals surface area contributed by atoms with Gasteiger partial charge in [0.15, 0.2) is 0 Å². The lowest BCUT2D eigenvalue weighted by Gasteiger charge is -2.22. The van der Waals surface area contributed by atoms with Gasteiger partial charge in [0.2, 0.25) is 0 Å². The van der Waals surface area contributed by atoms with Crippen LogP contribution in [0.2, 0.25) is 0 Å². The molecule has 1 aliphatic heterocycles. The Kier molecular flexibility index (Phi) is 5.41. The van der Waals surface area contributed by atoms with Crippen LogP contribution >= 0.6 is 0 Å². The highest BCUT2D eigenvalue weighted by atomic mass is 16.5. The van der Waals surface area contributed by atoms with Crippen LogP contribution in [0.1, 0.15) is 16.8 Å². The maximum atomic E-state index is 12.6. The van der Waals surface area contributed by atoms with E-state index in [2.05, 4.69) is 4.90 Å². The van der Waals surface area contributed by atoms with Crippen LogP contribution in [-0.2, 0) is 0 Å². The summed E-state index contributed by atoms with van der Waals surface area (Å²) in [7, 11) is 1.56. The van der Waals surface area contributed by atoms with Gasteiger partial charge in [-0.05, 0) is 25.1 Å². The van der Waals surface area contributed by atoms with Crippen LogP contribution < -0.4 is 10.5 Å². The molecule has 116 valence electrons. The quantitative estimate of drug-likeness (QED) is 0.787. The van der Waals surface area contributed by atoms with Gasteiger partial charge in [-0.3, -0.25) is 9.69 Å². The molecule has 1 aromatic rings. The number of aliphatic hydroxyl groups excluding tert-OH is 1. The Balaban J connectivity index is 2.07. The number of nitrogens with two attached hydrogens (primary N) is 1. The number of benzene rings is 1. The second-order valence-electron chi connectivity index (χ2n) is 5.21. The molecule has 0 aromatic heterocycles. The fraction of sp³-hybridized carbons (Fsp3) is 0.533. The molecule has 3 N–H and O–H groups in total. The number of hydrogen-bond donors (Lipinski definition) is 2. The monoisotopic (exact) mass is 293 g/mol. The zero-order valence-electron chi connectivity index (χ0n) is 12.4. The summed E-state index contributed by atoms with van der Waals surface area (Å²) in [6.45, 7) is 3.89. The van der Waals surface area contributed by atoms with Crippen LogP contribution in [0.3, 0.4) is 0 Å². The predicted molar refractivity (Wildman–Crippen MR) is 81.5 cm³/mol. The van der Waals surface area contributed by atoms with E-state index >= 15 is 0 Å². The molecule has 1 aliphatic rings. The van der Waals surface area contributed by atoms with E-state index in [1.54, 1.807) is 25.3 Å². The van der Waals surface area contributed by atoms with Crippen molar-refractivity contribution in [3.63, 3.8) is 0 Å². The average molecular weight is 293 g/mol. The molecule has 1 amide bonds. The molecular weight excluding hydrogens is 270 g/mol. The van der Waals surface area contributed by atoms with E-state index in [4.69, 9.17) is 15.6 Å². The number of nitrogen functional groups attached to an aromatic ring is 1. The zero-order chi connectivity index (χ0) is 15.2. The molecule has 21 heavy (non-hydrogen) atoms. The molecule has 1 fully saturated rings. The molecule has 6 heteroatoms. The fourth-order valence-corrected chi connectivity index (χ4v) is 2.59. The number of rotatable bonds is 4. The van der Waals surface area contributed by atoms with Crippen molar-refractivity contribution in [3.8, 4) is 5.75 Å². The Morgan fingerprint density at radius 2 is 2.10 bits per heavy atom. The predicted octanol–water partition coefficient (Wildman–Crippen LogP) is 0.418. The summed E-state index contributed by atoms with van der Waals surface area (Å²) in [6, 6.07) is 5.10. The highest BCUT2D eigenvalue weighted by Gasteiger charge is 2.20. The molecular formula is C15H23N3O3. The number of nitrogens with zero attached hydrogens (tertiary/aromatic N) is 2. The van der Waals surface area contributed by atoms with Gasteiger partial charge in [-0.1, -0.05) is 0 Å². The van der Waals surface area contributed by atoms with Gasteiger partial charge in [-0.2, -0.15) is 0 Å². The molecule has 6 nitrogen and oxygen atoms in total. The molecule has 0 spiro atoms. The maximum absolute atomic E-state index is 12.6. The van der Waals surface area contributed by atoms with Crippen LogP contribution in [-0.4, -0.2) is 67.3 Å². The molecule has 0 bridgehead atoms. The zero-order valence-corrected chi connectivity index (χ0v) is 12.4. The third-order valence-corrected chi connectivity index (χ3v) is 3.70. The van der Waals surface area contributed by atoms with Crippen LogP contribution in [0.25, 0.3) is 0 Å². The van der Waals surface area contributed by atoms with Gasteiger partial charge in [0.1, 0.15) is 5.75 Å². The second kappa shape index (κ2) is 7.28. The van der Waals surface area contributed by atoms with Crippen molar-refractivity contribution in [2.24, 2.45) is 0 Å². The van der Waals surface area contributed by atoms with Gasteiger partial charge in [-0.15, -0.1) is 0 Å². The number of methoxy groups -OCH3 is 1. The second-order valence-corrected chi connectivity index (χ2v) is 5.21. The highest BCUT2D eigenvalue weighted by molar-refractivity contribution is 5.95. The van der Waals surface area contributed by atoms with E-state index in [1.165, 1.54) is 0 Å². The smallest absolute Gasteiger partial charge is 0.254 e. The van der Waals surface area contributed by atoms with Crippen molar-refractivity contribution >= 4 is 11.6 Å². The summed E-state index contributed by atoms with van der Waals surface area (Å²) in [5, 5.41) is 9.00. The average Bonchev–Trinajstić information content (AvgIpc) is 2.72. The van der Waals surface area contributed by atoms with Crippen molar-refractivity contribution in [1.82, 2.24) is 9.80 Å². The SMILES string of the molecule is COc1cc(N)cc(C(=O)N2CCCN(CCO)CC2)c1. The minimum absolute atomic E-state index is 0.0218. The number of hydrogen-bond acceptors (Lipinski definition) is 5. The van der Waals surface area contributed by atoms with Crippen LogP contribution in [0.5, 0.6) is 5.75 Å². The minimum Gasteiger partial charge on any atom is -0.497 e. The topological polar surface area (TPSA) is 79.0 Å². The first-order chi connectivity index (χ1) is 10.1. The minimum atomic E-state index is -0.0218. The summed E-state index contributed by atoms with van der Waals surface area (Å²) in [5.74, 6) is 0.571. The van der Waals surface area contributed by atoms with Gasteiger partial charge in [0, 0.05) is 43.5 Å². The third-order valence-electron chi connectivity index (χ3n) is 3.70. The van der Waals surface area contributed by atoms with Crippen molar-refractivity contribution < 1.29 is 14.6 Å². The summed E-state index contributed by atoms with van der Waals surface area (Å²) in [5.41, 5.74) is 6.89. The normalized spacial score (nSPS) is 16.6. The molecule has 0 saturated carbocycles. The van der Waals surface area contributed by atoms with Gasteiger partial charge in [0.05, 0.1) is 13.7 Å². The summed E-state index contributed by atoms with van der Waals surface area (Å²) in [6.07, 6.45) is 0.908. The van der Waals surface area contributed by atoms with Gasteiger partial charge >= 0.3 is 0 Å². The number of ether oxygens (including phenoxy) is 1. The number of aliphatic hydroxyl groups is 1. The number of anilines is 1. The highest BCUT2D eigenvalue weighted by Crippen LogP contribution is 2.20. The van der Waals surface area contributed by atoms with Crippen LogP contribution in [0.15, 0.2) is 18.2 Å². The van der Waals surface area contributed by atoms with Gasteiger partial charge < -0.3 is 20.5 Å². The first-order valence-corrected chi connectivity index (χ1v) is 7.21. The molecule has 1 aromatic carbocycles. The Bertz CT molecular complexity index is 493. The third kappa shape index (κ3) is 4.09. The maximum Gasteiger partial charge on any atom is 0.254 e. The largest absolute Gasteiger partial charge is 0.497 e. The molecule has 2 rings (SSSR count). The van der Waals surface area contributed by atoms with E-state index < -0.39 is 0 Å². The first-order valence-electron chi connectivity index (χ1n) is 7.21. The lowest BCUT2D eigenvalue weighted by atomic mass is 10.1. The first kappa shape index (κ1) is 15.6. The van der Waals surface area contributed by atoms with E-state index in [0.717, 1.165) is 26.1 Å². The van der Waals surface area contributed by atoms with E-state index in [9.17, 15) is 4.79 Å². The summed E-state index contributed by atoms with van der Waals surface area (Å²) < 4.78 is 5.16. The molecule has 0 unspecified atom stereocenters. The Labute approximate surface area is 125 Å². The van der Waals surface area contributed by atoms with E-state index in [0.29, 0.717) is 30.1 Å². The standard InChI is InChI=1S/C15H23N3O3/c1-21-14-10-12(9-13(16)11-14)15(20)18-4-2-3-17(5-6-18)7-8-19/h9-11,19H,2-8,16H2,1H3. The Morgan fingerprint density at radius 3 is 2.81 bits per heavy atom. The summed E-state index contributed by atoms with van der Waals surface area (Å²) >= 11 is 0. The molecule has 0 radical (unpaired) electrons. The molecule has 1 saturated heterocycles. The Morgan fingerprint density at radius 1 is 1.29 bits per heavy atom. The number of β-amino-alcohol motifs (C(OH)–C–C–N with tert-alkyl or cyclic N) is 1. The van der Waals surface area contributed by atoms with Crippen molar-refractivity contribution in [2.75, 3.05) is 52.2 Å². The summed E-state index contributed by atoms with van der Waals surface area (Å²) in [4.78, 5) is 16.6. The fourth-order valence-electron chi connectivity index (χ4n) is 2.59. The molecule has 0 aliphatic carbocycles. The van der Waals surface area contributed by atoms with Crippen molar-refractivity contribution in [2.45, 2.75) is 6.42 Å². The lowest BCUT2D eigenvalue weighted by molar-refractivity contribution is 0.0760. The van der Waals surface area contributed by atoms with Gasteiger partial charge in [0.25, 0.3) is 5.91 Å². The van der Waals surface area contributed by atoms with Crippen molar-refractivity contribution in [3.05, 3.63) is 23.8 Å². The van der Waals surface area contributed by atoms with E-state index in [-0.39, 0.29) is 12.5 Å². The van der Waals surface area contributed by atoms with Crippen LogP contribution in [0.4, 0.5) is 5.69 Å². The lowest BCUT2D eigenvalue weighted by Crippen LogP contribution is -2.36. The van der Waals surface area contributed by atoms with Crippen molar-refractivity contribution in [1.29, 1.82) is 0 Å². The van der Waals surface area contributed by atoms with E-state index in [1.807, 2.05) is 4.90 Å². The number of carbonyl (C=O) groups excluding carboxylic acids is 1. The van der Waals surface area contributed by atoms with Crippen LogP contribution in [0, 0.1) is 0 Å². The molecule has 1 heterocycles. The number of carbonyl (C=O) groups is 1. The Hall–Kier alpha value is -1.79.